The van der Waals surface area contributed by atoms with Crippen molar-refractivity contribution in [3.05, 3.63) is 68.5 Å². The fraction of sp³-hybridized carbons (Fsp3) is 0.444. The van der Waals surface area contributed by atoms with Crippen LogP contribution in [0.4, 0.5) is 23.7 Å². The zero-order valence-corrected chi connectivity index (χ0v) is 24.2. The molecule has 0 aliphatic rings. The number of hydrogen-bond acceptors (Lipinski definition) is 10. The van der Waals surface area contributed by atoms with Gasteiger partial charge in [0.15, 0.2) is 0 Å². The molecule has 0 aliphatic heterocycles. The van der Waals surface area contributed by atoms with Crippen LogP contribution in [0.5, 0.6) is 0 Å². The van der Waals surface area contributed by atoms with Crippen molar-refractivity contribution < 1.29 is 37.2 Å². The van der Waals surface area contributed by atoms with Gasteiger partial charge in [-0.2, -0.15) is 13.2 Å². The van der Waals surface area contributed by atoms with Crippen molar-refractivity contribution in [1.29, 1.82) is 0 Å². The number of alkyl halides is 3. The van der Waals surface area contributed by atoms with Crippen LogP contribution in [0.2, 0.25) is 0 Å². The van der Waals surface area contributed by atoms with E-state index >= 15 is 0 Å². The van der Waals surface area contributed by atoms with Gasteiger partial charge in [0.25, 0.3) is 5.69 Å². The van der Waals surface area contributed by atoms with Gasteiger partial charge in [-0.15, -0.1) is 10.2 Å². The first-order valence-electron chi connectivity index (χ1n) is 12.9. The number of nitro groups is 1. The highest BCUT2D eigenvalue weighted by Gasteiger charge is 2.32. The SMILES string of the molecule is CCOC(=O)Cc1cc(-c2nnc(CC[C@H](Cc3ccc(C(F)(F)F)nc3)NC(=O)OC(C)(C)C)s2)ccc1[N+](=O)[O-]. The minimum atomic E-state index is -4.56. The van der Waals surface area contributed by atoms with Gasteiger partial charge in [0.05, 0.1) is 18.0 Å². The van der Waals surface area contributed by atoms with E-state index in [0.29, 0.717) is 34.0 Å². The highest BCUT2D eigenvalue weighted by molar-refractivity contribution is 7.14. The number of aromatic nitrogens is 3. The molecule has 226 valence electrons. The Kier molecular flexibility index (Phi) is 10.5. The highest BCUT2D eigenvalue weighted by atomic mass is 32.1. The number of alkyl carbamates (subject to hydrolysis) is 1. The van der Waals surface area contributed by atoms with Crippen LogP contribution in [-0.2, 0) is 39.7 Å². The van der Waals surface area contributed by atoms with E-state index in [9.17, 15) is 32.9 Å². The molecule has 1 amide bonds. The molecule has 0 unspecified atom stereocenters. The number of aryl methyl sites for hydroxylation is 1. The quantitative estimate of drug-likeness (QED) is 0.164. The Morgan fingerprint density at radius 2 is 1.88 bits per heavy atom. The Morgan fingerprint density at radius 3 is 2.48 bits per heavy atom. The minimum absolute atomic E-state index is 0.144. The van der Waals surface area contributed by atoms with Gasteiger partial charge in [0, 0.05) is 35.9 Å². The van der Waals surface area contributed by atoms with Crippen LogP contribution in [-0.4, -0.2) is 50.4 Å². The molecular formula is C27H30F3N5O6S. The molecule has 1 atom stereocenters. The van der Waals surface area contributed by atoms with Crippen molar-refractivity contribution in [2.45, 2.75) is 71.2 Å². The van der Waals surface area contributed by atoms with Crippen molar-refractivity contribution in [2.24, 2.45) is 0 Å². The van der Waals surface area contributed by atoms with Gasteiger partial charge in [0.2, 0.25) is 0 Å². The van der Waals surface area contributed by atoms with Crippen LogP contribution >= 0.6 is 11.3 Å². The number of carbonyl (C=O) groups excluding carboxylic acids is 2. The van der Waals surface area contributed by atoms with E-state index in [-0.39, 0.29) is 30.7 Å². The maximum absolute atomic E-state index is 12.9. The van der Waals surface area contributed by atoms with E-state index in [1.807, 2.05) is 0 Å². The average Bonchev–Trinajstić information content (AvgIpc) is 3.35. The number of benzene rings is 1. The predicted molar refractivity (Wildman–Crippen MR) is 147 cm³/mol. The van der Waals surface area contributed by atoms with E-state index in [2.05, 4.69) is 20.5 Å². The normalized spacial score (nSPS) is 12.5. The van der Waals surface area contributed by atoms with Gasteiger partial charge in [-0.1, -0.05) is 17.4 Å². The maximum atomic E-state index is 12.9. The molecular weight excluding hydrogens is 579 g/mol. The molecule has 0 radical (unpaired) electrons. The van der Waals surface area contributed by atoms with Crippen molar-refractivity contribution >= 4 is 29.1 Å². The Morgan fingerprint density at radius 1 is 1.14 bits per heavy atom. The number of ether oxygens (including phenoxy) is 2. The summed E-state index contributed by atoms with van der Waals surface area (Å²) in [6.45, 7) is 6.91. The molecule has 0 saturated carbocycles. The fourth-order valence-corrected chi connectivity index (χ4v) is 4.72. The van der Waals surface area contributed by atoms with Gasteiger partial charge in [0.1, 0.15) is 21.3 Å². The first-order valence-corrected chi connectivity index (χ1v) is 13.7. The average molecular weight is 610 g/mol. The minimum Gasteiger partial charge on any atom is -0.466 e. The summed E-state index contributed by atoms with van der Waals surface area (Å²) in [5.41, 5.74) is -0.786. The summed E-state index contributed by atoms with van der Waals surface area (Å²) >= 11 is 1.23. The molecule has 0 fully saturated rings. The van der Waals surface area contributed by atoms with Gasteiger partial charge >= 0.3 is 18.2 Å². The second-order valence-electron chi connectivity index (χ2n) is 10.2. The lowest BCUT2D eigenvalue weighted by molar-refractivity contribution is -0.385. The van der Waals surface area contributed by atoms with E-state index in [1.54, 1.807) is 27.7 Å². The Labute approximate surface area is 243 Å². The number of nitrogens with zero attached hydrogens (tertiary/aromatic N) is 4. The molecule has 0 aliphatic carbocycles. The number of nitro benzene ring substituents is 1. The number of amides is 1. The molecule has 0 saturated heterocycles. The lowest BCUT2D eigenvalue weighted by atomic mass is 10.0. The predicted octanol–water partition coefficient (Wildman–Crippen LogP) is 5.70. The molecule has 3 rings (SSSR count). The summed E-state index contributed by atoms with van der Waals surface area (Å²) < 4.78 is 49.0. The lowest BCUT2D eigenvalue weighted by Crippen LogP contribution is -2.40. The second kappa shape index (κ2) is 13.7. The van der Waals surface area contributed by atoms with Crippen LogP contribution in [0.1, 0.15) is 55.9 Å². The van der Waals surface area contributed by atoms with Crippen molar-refractivity contribution in [1.82, 2.24) is 20.5 Å². The number of hydrogen-bond donors (Lipinski definition) is 1. The standard InChI is InChI=1S/C27H30F3N5O6S/c1-5-40-23(36)14-18-13-17(7-9-20(18)35(38)39)24-34-33-22(42-24)11-8-19(32-25(37)41-26(2,3)4)12-16-6-10-21(31-15-16)27(28,29)30/h6-7,9-10,13,15,19H,5,8,11-12,14H2,1-4H3,(H,32,37)/t19-/m1/s1. The van der Waals surface area contributed by atoms with Crippen LogP contribution < -0.4 is 5.32 Å². The zero-order valence-electron chi connectivity index (χ0n) is 23.4. The number of halogens is 3. The van der Waals surface area contributed by atoms with Crippen LogP contribution in [0.15, 0.2) is 36.5 Å². The summed E-state index contributed by atoms with van der Waals surface area (Å²) in [4.78, 5) is 38.8. The van der Waals surface area contributed by atoms with Crippen molar-refractivity contribution in [3.63, 3.8) is 0 Å². The number of esters is 1. The zero-order chi connectivity index (χ0) is 31.1. The monoisotopic (exact) mass is 609 g/mol. The second-order valence-corrected chi connectivity index (χ2v) is 11.3. The third-order valence-corrected chi connectivity index (χ3v) is 6.69. The van der Waals surface area contributed by atoms with Crippen LogP contribution in [0.3, 0.4) is 0 Å². The highest BCUT2D eigenvalue weighted by Crippen LogP contribution is 2.30. The van der Waals surface area contributed by atoms with Gasteiger partial charge < -0.3 is 14.8 Å². The Balaban J connectivity index is 1.76. The molecule has 0 spiro atoms. The summed E-state index contributed by atoms with van der Waals surface area (Å²) in [6.07, 6.45) is -3.50. The molecule has 11 nitrogen and oxygen atoms in total. The molecule has 42 heavy (non-hydrogen) atoms. The number of rotatable bonds is 11. The molecule has 15 heteroatoms. The molecule has 0 bridgehead atoms. The summed E-state index contributed by atoms with van der Waals surface area (Å²) in [5, 5.41) is 23.6. The Bertz CT molecular complexity index is 1410. The smallest absolute Gasteiger partial charge is 0.433 e. The first kappa shape index (κ1) is 32.4. The molecule has 1 N–H and O–H groups in total. The third-order valence-electron chi connectivity index (χ3n) is 5.65. The summed E-state index contributed by atoms with van der Waals surface area (Å²) in [7, 11) is 0. The van der Waals surface area contributed by atoms with Gasteiger partial charge in [-0.3, -0.25) is 19.9 Å². The number of carbonyl (C=O) groups is 2. The van der Waals surface area contributed by atoms with Gasteiger partial charge in [-0.05, 0) is 64.3 Å². The third kappa shape index (κ3) is 9.75. The maximum Gasteiger partial charge on any atom is 0.433 e. The van der Waals surface area contributed by atoms with E-state index in [1.165, 1.54) is 35.6 Å². The molecule has 3 aromatic rings. The van der Waals surface area contributed by atoms with Crippen LogP contribution in [0.25, 0.3) is 10.6 Å². The van der Waals surface area contributed by atoms with Crippen molar-refractivity contribution in [3.8, 4) is 10.6 Å². The lowest BCUT2D eigenvalue weighted by Gasteiger charge is -2.23. The van der Waals surface area contributed by atoms with Crippen molar-refractivity contribution in [2.75, 3.05) is 6.61 Å². The Hall–Kier alpha value is -4.14. The largest absolute Gasteiger partial charge is 0.466 e. The first-order chi connectivity index (χ1) is 19.6. The summed E-state index contributed by atoms with van der Waals surface area (Å²) in [5.74, 6) is -0.595. The van der Waals surface area contributed by atoms with Gasteiger partial charge in [-0.25, -0.2) is 4.79 Å². The summed E-state index contributed by atoms with van der Waals surface area (Å²) in [6, 6.07) is 5.98. The van der Waals surface area contributed by atoms with E-state index in [0.717, 1.165) is 12.3 Å². The molecule has 2 heterocycles. The molecule has 2 aromatic heterocycles. The topological polar surface area (TPSA) is 146 Å². The molecule has 1 aromatic carbocycles. The van der Waals surface area contributed by atoms with Crippen LogP contribution in [0, 0.1) is 10.1 Å². The fourth-order valence-electron chi connectivity index (χ4n) is 3.87. The number of nitrogens with one attached hydrogen (secondary N) is 1. The van der Waals surface area contributed by atoms with E-state index in [4.69, 9.17) is 9.47 Å². The number of pyridine rings is 1. The van der Waals surface area contributed by atoms with E-state index < -0.39 is 40.5 Å².